The Hall–Kier alpha value is -3.28. The van der Waals surface area contributed by atoms with Crippen LogP contribution in [0.4, 0.5) is 0 Å². The van der Waals surface area contributed by atoms with Crippen LogP contribution in [0.1, 0.15) is 32.6 Å². The van der Waals surface area contributed by atoms with Gasteiger partial charge in [0.1, 0.15) is 24.0 Å². The number of ketones is 1. The van der Waals surface area contributed by atoms with Gasteiger partial charge in [-0.2, -0.15) is 0 Å². The zero-order valence-electron chi connectivity index (χ0n) is 18.6. The summed E-state index contributed by atoms with van der Waals surface area (Å²) in [4.78, 5) is 15.3. The van der Waals surface area contributed by atoms with Crippen molar-refractivity contribution >= 4 is 23.5 Å². The lowest BCUT2D eigenvalue weighted by Gasteiger charge is -2.30. The first-order valence-electron chi connectivity index (χ1n) is 10.9. The summed E-state index contributed by atoms with van der Waals surface area (Å²) < 4.78 is 17.3. The molecule has 2 heterocycles. The van der Waals surface area contributed by atoms with Crippen molar-refractivity contribution in [1.29, 1.82) is 0 Å². The van der Waals surface area contributed by atoms with E-state index >= 15 is 0 Å². The molecule has 0 saturated heterocycles. The first-order valence-corrected chi connectivity index (χ1v) is 11.2. The number of carbonyl (C=O) groups is 1. The molecule has 2 aliphatic rings. The molecule has 0 bridgehead atoms. The van der Waals surface area contributed by atoms with Gasteiger partial charge in [-0.05, 0) is 54.8 Å². The Kier molecular flexibility index (Phi) is 5.83. The Balaban J connectivity index is 1.34. The van der Waals surface area contributed by atoms with Crippen molar-refractivity contribution in [2.75, 3.05) is 20.4 Å². The van der Waals surface area contributed by atoms with E-state index < -0.39 is 0 Å². The highest BCUT2D eigenvalue weighted by molar-refractivity contribution is 6.32. The van der Waals surface area contributed by atoms with Crippen molar-refractivity contribution in [2.45, 2.75) is 19.9 Å². The van der Waals surface area contributed by atoms with Crippen molar-refractivity contribution in [3.05, 3.63) is 93.2 Å². The van der Waals surface area contributed by atoms with Gasteiger partial charge in [-0.1, -0.05) is 41.9 Å². The number of hydrogen-bond acceptors (Lipinski definition) is 5. The third kappa shape index (κ3) is 4.22. The number of benzene rings is 3. The minimum Gasteiger partial charge on any atom is -0.497 e. The van der Waals surface area contributed by atoms with Crippen LogP contribution in [0.15, 0.2) is 60.4 Å². The molecule has 3 aromatic carbocycles. The van der Waals surface area contributed by atoms with Crippen LogP contribution in [0.25, 0.3) is 6.08 Å². The first kappa shape index (κ1) is 21.6. The first-order chi connectivity index (χ1) is 16.0. The lowest BCUT2D eigenvalue weighted by Crippen LogP contribution is -2.34. The summed E-state index contributed by atoms with van der Waals surface area (Å²) >= 11 is 6.26. The summed E-state index contributed by atoms with van der Waals surface area (Å²) in [6.07, 6.45) is 2.60. The van der Waals surface area contributed by atoms with Gasteiger partial charge >= 0.3 is 0 Å². The largest absolute Gasteiger partial charge is 0.497 e. The average Bonchev–Trinajstić information content (AvgIpc) is 3.15. The van der Waals surface area contributed by atoms with E-state index in [0.717, 1.165) is 47.7 Å². The number of fused-ring (bicyclic) bond motifs is 2. The molecule has 3 aromatic rings. The molecule has 0 unspecified atom stereocenters. The Labute approximate surface area is 198 Å². The van der Waals surface area contributed by atoms with Gasteiger partial charge in [0.25, 0.3) is 0 Å². The number of Topliss-reactive ketones (excluding diaryl/α,β-unsaturated/α-hetero) is 1. The summed E-state index contributed by atoms with van der Waals surface area (Å²) in [6, 6.07) is 17.4. The van der Waals surface area contributed by atoms with Crippen molar-refractivity contribution in [1.82, 2.24) is 4.90 Å². The van der Waals surface area contributed by atoms with Crippen LogP contribution in [0.2, 0.25) is 5.02 Å². The fraction of sp³-hybridized carbons (Fsp3) is 0.222. The van der Waals surface area contributed by atoms with E-state index in [4.69, 9.17) is 25.8 Å². The number of ether oxygens (including phenoxy) is 3. The minimum absolute atomic E-state index is 0.133. The van der Waals surface area contributed by atoms with Crippen LogP contribution in [0.5, 0.6) is 17.2 Å². The second-order valence-corrected chi connectivity index (χ2v) is 8.66. The average molecular weight is 462 g/mol. The molecule has 5 nitrogen and oxygen atoms in total. The van der Waals surface area contributed by atoms with Gasteiger partial charge in [0, 0.05) is 29.2 Å². The number of methoxy groups -OCH3 is 1. The molecule has 0 saturated carbocycles. The van der Waals surface area contributed by atoms with Gasteiger partial charge in [0.05, 0.1) is 12.7 Å². The number of halogens is 1. The van der Waals surface area contributed by atoms with Gasteiger partial charge < -0.3 is 14.2 Å². The molecular weight excluding hydrogens is 438 g/mol. The highest BCUT2D eigenvalue weighted by atomic mass is 35.5. The fourth-order valence-electron chi connectivity index (χ4n) is 4.25. The van der Waals surface area contributed by atoms with E-state index in [0.29, 0.717) is 23.1 Å². The SMILES string of the molecule is COc1ccc(CCN2COc3c(cc4c(c3C)O/C(=C\c3ccccc3Cl)C4=O)C2)cc1. The number of rotatable bonds is 5. The van der Waals surface area contributed by atoms with E-state index in [2.05, 4.69) is 17.0 Å². The van der Waals surface area contributed by atoms with E-state index in [1.165, 1.54) is 5.56 Å². The van der Waals surface area contributed by atoms with Crippen molar-refractivity contribution in [2.24, 2.45) is 0 Å². The maximum atomic E-state index is 13.1. The normalized spacial score (nSPS) is 16.2. The second kappa shape index (κ2) is 8.93. The monoisotopic (exact) mass is 461 g/mol. The lowest BCUT2D eigenvalue weighted by atomic mass is 10.00. The van der Waals surface area contributed by atoms with E-state index in [1.54, 1.807) is 19.3 Å². The van der Waals surface area contributed by atoms with Crippen molar-refractivity contribution in [3.8, 4) is 17.2 Å². The number of allylic oxidation sites excluding steroid dienone is 1. The minimum atomic E-state index is -0.133. The molecule has 0 N–H and O–H groups in total. The summed E-state index contributed by atoms with van der Waals surface area (Å²) in [7, 11) is 1.67. The van der Waals surface area contributed by atoms with Crippen LogP contribution in [0, 0.1) is 6.92 Å². The summed E-state index contributed by atoms with van der Waals surface area (Å²) in [5.41, 5.74) is 4.42. The third-order valence-corrected chi connectivity index (χ3v) is 6.41. The van der Waals surface area contributed by atoms with Crippen LogP contribution >= 0.6 is 11.6 Å². The molecule has 0 aromatic heterocycles. The quantitative estimate of drug-likeness (QED) is 0.458. The molecule has 5 rings (SSSR count). The molecular formula is C27H24ClNO4. The Morgan fingerprint density at radius 2 is 1.91 bits per heavy atom. The summed E-state index contributed by atoms with van der Waals surface area (Å²) in [5.74, 6) is 2.38. The maximum Gasteiger partial charge on any atom is 0.231 e. The van der Waals surface area contributed by atoms with Gasteiger partial charge in [0.2, 0.25) is 5.78 Å². The molecule has 168 valence electrons. The predicted molar refractivity (Wildman–Crippen MR) is 128 cm³/mol. The van der Waals surface area contributed by atoms with Crippen molar-refractivity contribution < 1.29 is 19.0 Å². The van der Waals surface area contributed by atoms with E-state index in [1.807, 2.05) is 43.3 Å². The zero-order valence-corrected chi connectivity index (χ0v) is 19.3. The highest BCUT2D eigenvalue weighted by Gasteiger charge is 2.33. The van der Waals surface area contributed by atoms with Crippen LogP contribution < -0.4 is 14.2 Å². The molecule has 0 fully saturated rings. The number of nitrogens with zero attached hydrogens (tertiary/aromatic N) is 1. The smallest absolute Gasteiger partial charge is 0.231 e. The molecule has 0 spiro atoms. The molecule has 0 atom stereocenters. The van der Waals surface area contributed by atoms with Gasteiger partial charge in [-0.3, -0.25) is 9.69 Å². The third-order valence-electron chi connectivity index (χ3n) is 6.07. The van der Waals surface area contributed by atoms with Crippen LogP contribution in [-0.4, -0.2) is 31.1 Å². The fourth-order valence-corrected chi connectivity index (χ4v) is 4.44. The van der Waals surface area contributed by atoms with Gasteiger partial charge in [-0.25, -0.2) is 0 Å². The predicted octanol–water partition coefficient (Wildman–Crippen LogP) is 5.67. The molecule has 33 heavy (non-hydrogen) atoms. The molecule has 6 heteroatoms. The van der Waals surface area contributed by atoms with E-state index in [-0.39, 0.29) is 11.5 Å². The topological polar surface area (TPSA) is 48.0 Å². The van der Waals surface area contributed by atoms with Gasteiger partial charge in [-0.15, -0.1) is 0 Å². The summed E-state index contributed by atoms with van der Waals surface area (Å²) in [5, 5.41) is 0.573. The van der Waals surface area contributed by atoms with Crippen molar-refractivity contribution in [3.63, 3.8) is 0 Å². The highest BCUT2D eigenvalue weighted by Crippen LogP contribution is 2.43. The molecule has 0 amide bonds. The van der Waals surface area contributed by atoms with Gasteiger partial charge in [0.15, 0.2) is 5.76 Å². The van der Waals surface area contributed by atoms with Crippen LogP contribution in [0.3, 0.4) is 0 Å². The van der Waals surface area contributed by atoms with E-state index in [9.17, 15) is 4.79 Å². The standard InChI is InChI=1S/C27H24ClNO4/c1-17-26-20(15-29(16-32-26)12-11-18-7-9-21(31-2)10-8-18)13-22-25(30)24(33-27(17)22)14-19-5-3-4-6-23(19)28/h3-10,13-14H,11-12,15-16H2,1-2H3/b24-14-. The second-order valence-electron chi connectivity index (χ2n) is 8.25. The van der Waals surface area contributed by atoms with Crippen LogP contribution in [-0.2, 0) is 13.0 Å². The molecule has 0 aliphatic carbocycles. The Morgan fingerprint density at radius 1 is 1.12 bits per heavy atom. The Morgan fingerprint density at radius 3 is 2.67 bits per heavy atom. The lowest BCUT2D eigenvalue weighted by molar-refractivity contribution is 0.0954. The Bertz CT molecular complexity index is 1250. The maximum absolute atomic E-state index is 13.1. The summed E-state index contributed by atoms with van der Waals surface area (Å²) in [6.45, 7) is 4.01. The molecule has 2 aliphatic heterocycles. The zero-order chi connectivity index (χ0) is 22.9. The number of hydrogen-bond donors (Lipinski definition) is 0. The molecule has 0 radical (unpaired) electrons. The number of carbonyl (C=O) groups excluding carboxylic acids is 1.